The first-order valence-electron chi connectivity index (χ1n) is 4.83. The van der Waals surface area contributed by atoms with Crippen LogP contribution in [0, 0.1) is 11.8 Å². The van der Waals surface area contributed by atoms with Crippen LogP contribution < -0.4 is 0 Å². The molecule has 5 heteroatoms. The zero-order valence-electron chi connectivity index (χ0n) is 9.06. The van der Waals surface area contributed by atoms with Gasteiger partial charge in [-0.2, -0.15) is 0 Å². The molecule has 5 nitrogen and oxygen atoms in total. The summed E-state index contributed by atoms with van der Waals surface area (Å²) in [7, 11) is 0. The molecule has 1 aromatic rings. The number of nitrogens with zero attached hydrogens (tertiary/aromatic N) is 4. The smallest absolute Gasteiger partial charge is 0.268 e. The van der Waals surface area contributed by atoms with Gasteiger partial charge >= 0.3 is 0 Å². The maximum absolute atomic E-state index is 11.4. The Kier molecular flexibility index (Phi) is 3.33. The predicted octanol–water partition coefficient (Wildman–Crippen LogP) is 1.17. The maximum Gasteiger partial charge on any atom is 0.268 e. The van der Waals surface area contributed by atoms with Gasteiger partial charge in [0.2, 0.25) is 0 Å². The second-order valence-electron chi connectivity index (χ2n) is 4.09. The average molecular weight is 196 g/mol. The minimum absolute atomic E-state index is 0.101. The highest BCUT2D eigenvalue weighted by molar-refractivity contribution is 5.78. The molecule has 0 saturated carbocycles. The van der Waals surface area contributed by atoms with Crippen molar-refractivity contribution in [2.45, 2.75) is 34.1 Å². The highest BCUT2D eigenvalue weighted by Gasteiger charge is 2.14. The molecule has 0 aliphatic carbocycles. The lowest BCUT2D eigenvalue weighted by Crippen LogP contribution is -2.20. The van der Waals surface area contributed by atoms with Gasteiger partial charge in [0.25, 0.3) is 5.91 Å². The lowest BCUT2D eigenvalue weighted by Gasteiger charge is -1.99. The summed E-state index contributed by atoms with van der Waals surface area (Å²) in [5.74, 6) is 0.888. The summed E-state index contributed by atoms with van der Waals surface area (Å²) >= 11 is 0. The number of hydrogen-bond donors (Lipinski definition) is 0. The molecule has 1 rings (SSSR count). The van der Waals surface area contributed by atoms with Crippen LogP contribution in [0.2, 0.25) is 0 Å². The Labute approximate surface area is 83.5 Å². The van der Waals surface area contributed by atoms with Crippen molar-refractivity contribution in [3.05, 3.63) is 5.82 Å². The summed E-state index contributed by atoms with van der Waals surface area (Å²) in [6, 6.07) is 0. The molecule has 0 aromatic carbocycles. The Morgan fingerprint density at radius 3 is 2.50 bits per heavy atom. The molecule has 0 spiro atoms. The predicted molar refractivity (Wildman–Crippen MR) is 51.8 cm³/mol. The van der Waals surface area contributed by atoms with E-state index in [1.807, 2.05) is 13.8 Å². The molecule has 0 radical (unpaired) electrons. The lowest BCUT2D eigenvalue weighted by molar-refractivity contribution is 0.0816. The van der Waals surface area contributed by atoms with Gasteiger partial charge in [0, 0.05) is 12.3 Å². The first kappa shape index (κ1) is 10.8. The zero-order chi connectivity index (χ0) is 10.7. The van der Waals surface area contributed by atoms with Gasteiger partial charge in [-0.05, 0) is 11.1 Å². The van der Waals surface area contributed by atoms with Crippen LogP contribution in [-0.2, 0) is 6.42 Å². The molecule has 0 saturated heterocycles. The number of carbonyl (C=O) groups excluding carboxylic acids is 1. The van der Waals surface area contributed by atoms with Crippen LogP contribution in [0.3, 0.4) is 0 Å². The maximum atomic E-state index is 11.4. The van der Waals surface area contributed by atoms with E-state index in [4.69, 9.17) is 0 Å². The summed E-state index contributed by atoms with van der Waals surface area (Å²) in [5.41, 5.74) is 0. The molecule has 0 N–H and O–H groups in total. The third kappa shape index (κ3) is 2.61. The Balaban J connectivity index is 2.73. The summed E-state index contributed by atoms with van der Waals surface area (Å²) < 4.78 is 0. The number of rotatable bonds is 3. The second-order valence-corrected chi connectivity index (χ2v) is 4.09. The molecule has 0 amide bonds. The van der Waals surface area contributed by atoms with Crippen LogP contribution in [0.25, 0.3) is 0 Å². The van der Waals surface area contributed by atoms with Gasteiger partial charge in [0.1, 0.15) is 0 Å². The van der Waals surface area contributed by atoms with Crippen molar-refractivity contribution < 1.29 is 4.79 Å². The van der Waals surface area contributed by atoms with Crippen molar-refractivity contribution in [2.24, 2.45) is 11.8 Å². The van der Waals surface area contributed by atoms with Crippen LogP contribution in [0.4, 0.5) is 0 Å². The summed E-state index contributed by atoms with van der Waals surface area (Å²) in [6.07, 6.45) is 0.755. The number of hydrogen-bond acceptors (Lipinski definition) is 4. The van der Waals surface area contributed by atoms with Gasteiger partial charge in [-0.3, -0.25) is 4.79 Å². The molecule has 0 fully saturated rings. The topological polar surface area (TPSA) is 60.7 Å². The first-order chi connectivity index (χ1) is 6.50. The Morgan fingerprint density at radius 2 is 2.00 bits per heavy atom. The van der Waals surface area contributed by atoms with E-state index in [-0.39, 0.29) is 11.8 Å². The second kappa shape index (κ2) is 4.30. The van der Waals surface area contributed by atoms with E-state index in [2.05, 4.69) is 29.3 Å². The fourth-order valence-corrected chi connectivity index (χ4v) is 1.01. The van der Waals surface area contributed by atoms with E-state index in [0.717, 1.165) is 11.2 Å². The van der Waals surface area contributed by atoms with Gasteiger partial charge in [-0.1, -0.05) is 32.5 Å². The van der Waals surface area contributed by atoms with Crippen molar-refractivity contribution in [3.63, 3.8) is 0 Å². The molecule has 78 valence electrons. The molecule has 0 aliphatic rings. The molecule has 0 unspecified atom stereocenters. The summed E-state index contributed by atoms with van der Waals surface area (Å²) in [4.78, 5) is 12.5. The van der Waals surface area contributed by atoms with E-state index in [1.54, 1.807) is 0 Å². The minimum atomic E-state index is -0.118. The zero-order valence-corrected chi connectivity index (χ0v) is 9.06. The molecule has 1 aromatic heterocycles. The monoisotopic (exact) mass is 196 g/mol. The highest BCUT2D eigenvalue weighted by atomic mass is 16.2. The number of aromatic nitrogens is 4. The molecule has 14 heavy (non-hydrogen) atoms. The normalized spacial score (nSPS) is 11.3. The SMILES string of the molecule is CC(C)Cc1nnn(C(=O)C(C)C)n1. The largest absolute Gasteiger partial charge is 0.271 e. The Bertz CT molecular complexity index is 316. The number of carbonyl (C=O) groups is 1. The molecule has 1 heterocycles. The number of tetrazole rings is 1. The van der Waals surface area contributed by atoms with Crippen molar-refractivity contribution in [1.82, 2.24) is 20.2 Å². The Morgan fingerprint density at radius 1 is 1.36 bits per heavy atom. The van der Waals surface area contributed by atoms with Gasteiger partial charge in [0.15, 0.2) is 5.82 Å². The van der Waals surface area contributed by atoms with Crippen LogP contribution in [0.1, 0.15) is 38.3 Å². The van der Waals surface area contributed by atoms with Crippen LogP contribution in [-0.4, -0.2) is 26.1 Å². The Hall–Kier alpha value is -1.26. The van der Waals surface area contributed by atoms with Gasteiger partial charge in [-0.15, -0.1) is 10.2 Å². The lowest BCUT2D eigenvalue weighted by atomic mass is 10.1. The van der Waals surface area contributed by atoms with Crippen molar-refractivity contribution >= 4 is 5.91 Å². The minimum Gasteiger partial charge on any atom is -0.271 e. The third-order valence-corrected chi connectivity index (χ3v) is 1.74. The van der Waals surface area contributed by atoms with E-state index >= 15 is 0 Å². The third-order valence-electron chi connectivity index (χ3n) is 1.74. The van der Waals surface area contributed by atoms with E-state index in [0.29, 0.717) is 11.7 Å². The van der Waals surface area contributed by atoms with Gasteiger partial charge in [-0.25, -0.2) is 0 Å². The average Bonchev–Trinajstić information content (AvgIpc) is 2.50. The molecule has 0 bridgehead atoms. The quantitative estimate of drug-likeness (QED) is 0.728. The van der Waals surface area contributed by atoms with Gasteiger partial charge in [0.05, 0.1) is 0 Å². The van der Waals surface area contributed by atoms with Crippen molar-refractivity contribution in [2.75, 3.05) is 0 Å². The summed E-state index contributed by atoms with van der Waals surface area (Å²) in [6.45, 7) is 7.78. The standard InChI is InChI=1S/C9H16N4O/c1-6(2)5-8-10-12-13(11-8)9(14)7(3)4/h6-7H,5H2,1-4H3. The summed E-state index contributed by atoms with van der Waals surface area (Å²) in [5, 5.41) is 11.6. The van der Waals surface area contributed by atoms with Crippen molar-refractivity contribution in [3.8, 4) is 0 Å². The fraction of sp³-hybridized carbons (Fsp3) is 0.778. The highest BCUT2D eigenvalue weighted by Crippen LogP contribution is 2.01. The molecular weight excluding hydrogens is 180 g/mol. The van der Waals surface area contributed by atoms with Crippen LogP contribution in [0.5, 0.6) is 0 Å². The first-order valence-corrected chi connectivity index (χ1v) is 4.83. The van der Waals surface area contributed by atoms with E-state index in [1.165, 1.54) is 0 Å². The van der Waals surface area contributed by atoms with Crippen LogP contribution >= 0.6 is 0 Å². The van der Waals surface area contributed by atoms with Gasteiger partial charge < -0.3 is 0 Å². The van der Waals surface area contributed by atoms with Crippen LogP contribution in [0.15, 0.2) is 0 Å². The van der Waals surface area contributed by atoms with Crippen molar-refractivity contribution in [1.29, 1.82) is 0 Å². The molecule has 0 aliphatic heterocycles. The molecule has 0 atom stereocenters. The van der Waals surface area contributed by atoms with E-state index in [9.17, 15) is 4.79 Å². The fourth-order valence-electron chi connectivity index (χ4n) is 1.01. The van der Waals surface area contributed by atoms with E-state index < -0.39 is 0 Å². The molecular formula is C9H16N4O.